The van der Waals surface area contributed by atoms with Gasteiger partial charge in [0.05, 0.1) is 5.69 Å². The number of nitrogens with two attached hydrogens (primary N) is 1. The van der Waals surface area contributed by atoms with Crippen LogP contribution in [0.5, 0.6) is 0 Å². The highest BCUT2D eigenvalue weighted by Crippen LogP contribution is 2.38. The van der Waals surface area contributed by atoms with Gasteiger partial charge in [-0.2, -0.15) is 0 Å². The summed E-state index contributed by atoms with van der Waals surface area (Å²) in [5.41, 5.74) is 9.65. The molecule has 0 saturated heterocycles. The van der Waals surface area contributed by atoms with Crippen LogP contribution in [0.1, 0.15) is 34.9 Å². The van der Waals surface area contributed by atoms with Gasteiger partial charge in [-0.25, -0.2) is 4.98 Å². The Bertz CT molecular complexity index is 606. The summed E-state index contributed by atoms with van der Waals surface area (Å²) in [5, 5.41) is 1.15. The quantitative estimate of drug-likeness (QED) is 0.889. The minimum Gasteiger partial charge on any atom is -0.330 e. The number of thiazole rings is 1. The second kappa shape index (κ2) is 5.35. The lowest BCUT2D eigenvalue weighted by atomic mass is 9.91. The Hall–Kier alpha value is -0.710. The number of halogens is 1. The standard InChI is InChI=1S/C15H17BrN2S/c1-9-7-11(16)5-6-12(9)15-18-14-10(8-17)3-2-4-13(14)19-15/h5-7,10H,2-4,8,17H2,1H3. The molecule has 0 bridgehead atoms. The first-order valence-electron chi connectivity index (χ1n) is 6.65. The maximum Gasteiger partial charge on any atom is 0.124 e. The first-order valence-corrected chi connectivity index (χ1v) is 8.26. The summed E-state index contributed by atoms with van der Waals surface area (Å²) in [6, 6.07) is 6.39. The summed E-state index contributed by atoms with van der Waals surface area (Å²) < 4.78 is 1.12. The lowest BCUT2D eigenvalue weighted by Gasteiger charge is -2.18. The summed E-state index contributed by atoms with van der Waals surface area (Å²) in [6.07, 6.45) is 3.60. The van der Waals surface area contributed by atoms with E-state index in [1.54, 1.807) is 0 Å². The molecule has 100 valence electrons. The van der Waals surface area contributed by atoms with Crippen molar-refractivity contribution in [3.63, 3.8) is 0 Å². The highest BCUT2D eigenvalue weighted by atomic mass is 79.9. The fourth-order valence-electron chi connectivity index (χ4n) is 2.72. The zero-order valence-corrected chi connectivity index (χ0v) is 13.4. The van der Waals surface area contributed by atoms with E-state index < -0.39 is 0 Å². The van der Waals surface area contributed by atoms with E-state index in [1.165, 1.54) is 41.0 Å². The van der Waals surface area contributed by atoms with Crippen molar-refractivity contribution in [3.8, 4) is 10.6 Å². The van der Waals surface area contributed by atoms with Crippen molar-refractivity contribution in [3.05, 3.63) is 38.8 Å². The molecule has 4 heteroatoms. The van der Waals surface area contributed by atoms with Crippen LogP contribution in [0, 0.1) is 6.92 Å². The molecule has 2 aromatic rings. The van der Waals surface area contributed by atoms with Gasteiger partial charge in [0.2, 0.25) is 0 Å². The summed E-state index contributed by atoms with van der Waals surface area (Å²) in [5.74, 6) is 0.463. The maximum atomic E-state index is 5.87. The smallest absolute Gasteiger partial charge is 0.124 e. The van der Waals surface area contributed by atoms with Gasteiger partial charge in [-0.3, -0.25) is 0 Å². The first-order chi connectivity index (χ1) is 9.19. The number of hydrogen-bond donors (Lipinski definition) is 1. The van der Waals surface area contributed by atoms with E-state index in [1.807, 2.05) is 11.3 Å². The Morgan fingerprint density at radius 2 is 2.32 bits per heavy atom. The van der Waals surface area contributed by atoms with Crippen LogP contribution in [0.2, 0.25) is 0 Å². The fraction of sp³-hybridized carbons (Fsp3) is 0.400. The number of aromatic nitrogens is 1. The molecule has 0 amide bonds. The number of hydrogen-bond acceptors (Lipinski definition) is 3. The van der Waals surface area contributed by atoms with Crippen LogP contribution in [-0.4, -0.2) is 11.5 Å². The minimum absolute atomic E-state index is 0.463. The molecule has 1 aliphatic rings. The van der Waals surface area contributed by atoms with Crippen LogP contribution in [0.4, 0.5) is 0 Å². The first kappa shape index (κ1) is 13.3. The van der Waals surface area contributed by atoms with Gasteiger partial charge in [0.1, 0.15) is 5.01 Å². The number of rotatable bonds is 2. The second-order valence-corrected chi connectivity index (χ2v) is 7.11. The number of aryl methyl sites for hydroxylation is 2. The van der Waals surface area contributed by atoms with Gasteiger partial charge in [-0.15, -0.1) is 11.3 Å². The highest BCUT2D eigenvalue weighted by molar-refractivity contribution is 9.10. The predicted molar refractivity (Wildman–Crippen MR) is 84.7 cm³/mol. The molecule has 0 spiro atoms. The molecule has 2 N–H and O–H groups in total. The van der Waals surface area contributed by atoms with E-state index >= 15 is 0 Å². The van der Waals surface area contributed by atoms with Crippen LogP contribution in [0.15, 0.2) is 22.7 Å². The summed E-state index contributed by atoms with van der Waals surface area (Å²) in [4.78, 5) is 6.33. The molecule has 1 aromatic carbocycles. The Kier molecular flexibility index (Phi) is 3.74. The van der Waals surface area contributed by atoms with Gasteiger partial charge in [0.25, 0.3) is 0 Å². The average molecular weight is 337 g/mol. The van der Waals surface area contributed by atoms with Crippen molar-refractivity contribution in [1.82, 2.24) is 4.98 Å². The lowest BCUT2D eigenvalue weighted by molar-refractivity contribution is 0.554. The third kappa shape index (κ3) is 2.49. The van der Waals surface area contributed by atoms with Crippen LogP contribution in [0.25, 0.3) is 10.6 Å². The molecular formula is C15H17BrN2S. The highest BCUT2D eigenvalue weighted by Gasteiger charge is 2.24. The van der Waals surface area contributed by atoms with Crippen LogP contribution >= 0.6 is 27.3 Å². The van der Waals surface area contributed by atoms with Crippen LogP contribution in [-0.2, 0) is 6.42 Å². The van der Waals surface area contributed by atoms with Crippen molar-refractivity contribution in [2.45, 2.75) is 32.1 Å². The molecule has 2 nitrogen and oxygen atoms in total. The van der Waals surface area contributed by atoms with Crippen molar-refractivity contribution < 1.29 is 0 Å². The SMILES string of the molecule is Cc1cc(Br)ccc1-c1nc2c(s1)CCCC2CN. The topological polar surface area (TPSA) is 38.9 Å². The van der Waals surface area contributed by atoms with E-state index in [0.717, 1.165) is 16.0 Å². The van der Waals surface area contributed by atoms with E-state index in [4.69, 9.17) is 10.7 Å². The lowest BCUT2D eigenvalue weighted by Crippen LogP contribution is -2.17. The van der Waals surface area contributed by atoms with Crippen molar-refractivity contribution in [2.24, 2.45) is 5.73 Å². The largest absolute Gasteiger partial charge is 0.330 e. The second-order valence-electron chi connectivity index (χ2n) is 5.11. The van der Waals surface area contributed by atoms with Crippen molar-refractivity contribution in [2.75, 3.05) is 6.54 Å². The van der Waals surface area contributed by atoms with Gasteiger partial charge in [0.15, 0.2) is 0 Å². The molecule has 3 rings (SSSR count). The average Bonchev–Trinajstić information content (AvgIpc) is 2.81. The Balaban J connectivity index is 2.05. The van der Waals surface area contributed by atoms with Crippen LogP contribution in [0.3, 0.4) is 0 Å². The zero-order chi connectivity index (χ0) is 13.4. The zero-order valence-electron chi connectivity index (χ0n) is 10.9. The summed E-state index contributed by atoms with van der Waals surface area (Å²) in [6.45, 7) is 2.86. The van der Waals surface area contributed by atoms with Gasteiger partial charge in [-0.05, 0) is 43.9 Å². The molecular weight excluding hydrogens is 320 g/mol. The molecule has 0 fully saturated rings. The number of nitrogens with zero attached hydrogens (tertiary/aromatic N) is 1. The normalized spacial score (nSPS) is 18.4. The molecule has 19 heavy (non-hydrogen) atoms. The minimum atomic E-state index is 0.463. The Morgan fingerprint density at radius 1 is 1.47 bits per heavy atom. The number of fused-ring (bicyclic) bond motifs is 1. The van der Waals surface area contributed by atoms with Crippen molar-refractivity contribution >= 4 is 27.3 Å². The van der Waals surface area contributed by atoms with Gasteiger partial charge < -0.3 is 5.73 Å². The molecule has 1 unspecified atom stereocenters. The monoisotopic (exact) mass is 336 g/mol. The molecule has 0 aliphatic heterocycles. The predicted octanol–water partition coefficient (Wildman–Crippen LogP) is 4.26. The number of benzene rings is 1. The van der Waals surface area contributed by atoms with Gasteiger partial charge >= 0.3 is 0 Å². The molecule has 1 heterocycles. The Morgan fingerprint density at radius 3 is 3.05 bits per heavy atom. The third-order valence-electron chi connectivity index (χ3n) is 3.77. The molecule has 0 saturated carbocycles. The maximum absolute atomic E-state index is 5.87. The van der Waals surface area contributed by atoms with Crippen molar-refractivity contribution in [1.29, 1.82) is 0 Å². The summed E-state index contributed by atoms with van der Waals surface area (Å²) in [7, 11) is 0. The van der Waals surface area contributed by atoms with E-state index in [0.29, 0.717) is 5.92 Å². The van der Waals surface area contributed by atoms with Gasteiger partial charge in [0, 0.05) is 27.4 Å². The van der Waals surface area contributed by atoms with Gasteiger partial charge in [-0.1, -0.05) is 22.0 Å². The third-order valence-corrected chi connectivity index (χ3v) is 5.43. The van der Waals surface area contributed by atoms with E-state index in [9.17, 15) is 0 Å². The molecule has 1 aromatic heterocycles. The Labute approximate surface area is 126 Å². The van der Waals surface area contributed by atoms with Crippen LogP contribution < -0.4 is 5.73 Å². The molecule has 0 radical (unpaired) electrons. The fourth-order valence-corrected chi connectivity index (χ4v) is 4.47. The van der Waals surface area contributed by atoms with E-state index in [2.05, 4.69) is 41.1 Å². The molecule has 1 aliphatic carbocycles. The molecule has 1 atom stereocenters. The van der Waals surface area contributed by atoms with E-state index in [-0.39, 0.29) is 0 Å². The summed E-state index contributed by atoms with van der Waals surface area (Å²) >= 11 is 5.36.